The molecule has 1 aliphatic rings. The molecule has 0 aromatic heterocycles. The molecule has 7 heteroatoms. The van der Waals surface area contributed by atoms with Crippen LogP contribution in [0.3, 0.4) is 0 Å². The molecule has 6 nitrogen and oxygen atoms in total. The highest BCUT2D eigenvalue weighted by Gasteiger charge is 2.52. The van der Waals surface area contributed by atoms with E-state index in [0.717, 1.165) is 0 Å². The van der Waals surface area contributed by atoms with E-state index in [0.29, 0.717) is 11.0 Å². The zero-order valence-electron chi connectivity index (χ0n) is 16.2. The lowest BCUT2D eigenvalue weighted by Crippen LogP contribution is -2.41. The van der Waals surface area contributed by atoms with Crippen LogP contribution in [0.25, 0.3) is 6.08 Å². The Morgan fingerprint density at radius 2 is 1.73 bits per heavy atom. The molecule has 1 amide bonds. The van der Waals surface area contributed by atoms with Crippen LogP contribution in [0.5, 0.6) is 5.75 Å². The molecule has 1 aromatic carbocycles. The summed E-state index contributed by atoms with van der Waals surface area (Å²) in [5.41, 5.74) is 0.652. The van der Waals surface area contributed by atoms with Crippen LogP contribution in [0, 0.1) is 0 Å². The Labute approximate surface area is 154 Å². The molecule has 0 unspecified atom stereocenters. The van der Waals surface area contributed by atoms with Gasteiger partial charge in [-0.25, -0.2) is 0 Å². The number of phenolic OH excluding ortho intramolecular Hbond substituents is 1. The van der Waals surface area contributed by atoms with E-state index in [-0.39, 0.29) is 29.5 Å². The van der Waals surface area contributed by atoms with Gasteiger partial charge in [0.2, 0.25) is 5.91 Å². The Balaban J connectivity index is 2.36. The summed E-state index contributed by atoms with van der Waals surface area (Å²) in [6.45, 7) is 10.9. The van der Waals surface area contributed by atoms with Crippen molar-refractivity contribution < 1.29 is 24.0 Å². The first-order valence-electron chi connectivity index (χ1n) is 8.57. The fourth-order valence-corrected chi connectivity index (χ4v) is 2.57. The largest absolute Gasteiger partial charge is 0.507 e. The SMILES string of the molecule is CC(=O)NCC(=Cc1ccc(C(C)=O)c(O)c1)B1OC(C)(C)C(C)(C)O1. The van der Waals surface area contributed by atoms with Crippen LogP contribution in [0.1, 0.15) is 57.5 Å². The summed E-state index contributed by atoms with van der Waals surface area (Å²) in [6.07, 6.45) is 1.79. The third-order valence-electron chi connectivity index (χ3n) is 4.85. The van der Waals surface area contributed by atoms with Crippen LogP contribution < -0.4 is 5.32 Å². The van der Waals surface area contributed by atoms with E-state index in [1.165, 1.54) is 19.9 Å². The van der Waals surface area contributed by atoms with E-state index in [9.17, 15) is 14.7 Å². The topological polar surface area (TPSA) is 84.9 Å². The summed E-state index contributed by atoms with van der Waals surface area (Å²) in [5, 5.41) is 12.8. The van der Waals surface area contributed by atoms with Crippen molar-refractivity contribution in [1.29, 1.82) is 0 Å². The van der Waals surface area contributed by atoms with Crippen LogP contribution in [0.4, 0.5) is 0 Å². The standard InChI is InChI=1S/C19H26BNO5/c1-12(22)16-8-7-14(10-17(16)24)9-15(11-21-13(2)23)20-25-18(3,4)19(5,6)26-20/h7-10,24H,11H2,1-6H3,(H,21,23). The number of ketones is 1. The number of aromatic hydroxyl groups is 1. The molecule has 26 heavy (non-hydrogen) atoms. The highest BCUT2D eigenvalue weighted by atomic mass is 16.7. The molecule has 1 heterocycles. The lowest BCUT2D eigenvalue weighted by molar-refractivity contribution is -0.118. The predicted molar refractivity (Wildman–Crippen MR) is 101 cm³/mol. The Bertz CT molecular complexity index is 738. The lowest BCUT2D eigenvalue weighted by Gasteiger charge is -2.32. The van der Waals surface area contributed by atoms with Gasteiger partial charge in [-0.1, -0.05) is 12.1 Å². The Morgan fingerprint density at radius 3 is 2.19 bits per heavy atom. The van der Waals surface area contributed by atoms with E-state index in [1.807, 2.05) is 27.7 Å². The molecule has 2 N–H and O–H groups in total. The van der Waals surface area contributed by atoms with Gasteiger partial charge in [0.25, 0.3) is 0 Å². The van der Waals surface area contributed by atoms with Crippen molar-refractivity contribution in [3.8, 4) is 5.75 Å². The molecule has 1 fully saturated rings. The number of hydrogen-bond acceptors (Lipinski definition) is 5. The van der Waals surface area contributed by atoms with Crippen LogP contribution in [-0.2, 0) is 14.1 Å². The number of carbonyl (C=O) groups excluding carboxylic acids is 2. The van der Waals surface area contributed by atoms with Crippen molar-refractivity contribution in [2.45, 2.75) is 52.7 Å². The van der Waals surface area contributed by atoms with E-state index >= 15 is 0 Å². The molecule has 0 saturated carbocycles. The summed E-state index contributed by atoms with van der Waals surface area (Å²) in [7, 11) is -0.624. The van der Waals surface area contributed by atoms with E-state index < -0.39 is 18.3 Å². The quantitative estimate of drug-likeness (QED) is 0.624. The monoisotopic (exact) mass is 359 g/mol. The second-order valence-electron chi connectivity index (χ2n) is 7.55. The number of Topliss-reactive ketones (excluding diaryl/α,β-unsaturated/α-hetero) is 1. The number of benzene rings is 1. The molecule has 1 aliphatic heterocycles. The summed E-state index contributed by atoms with van der Waals surface area (Å²) >= 11 is 0. The number of carbonyl (C=O) groups is 2. The minimum absolute atomic E-state index is 0.0842. The first-order chi connectivity index (χ1) is 11.9. The van der Waals surface area contributed by atoms with Crippen molar-refractivity contribution in [2.75, 3.05) is 6.54 Å². The summed E-state index contributed by atoms with van der Waals surface area (Å²) in [6, 6.07) is 4.81. The fraction of sp³-hybridized carbons (Fsp3) is 0.474. The summed E-state index contributed by atoms with van der Waals surface area (Å²) in [4.78, 5) is 22.8. The number of rotatable bonds is 5. The van der Waals surface area contributed by atoms with Crippen molar-refractivity contribution in [1.82, 2.24) is 5.32 Å². The Hall–Kier alpha value is -2.12. The highest BCUT2D eigenvalue weighted by Crippen LogP contribution is 2.38. The average Bonchev–Trinajstić information content (AvgIpc) is 2.71. The number of nitrogens with one attached hydrogen (secondary N) is 1. The van der Waals surface area contributed by atoms with Crippen LogP contribution >= 0.6 is 0 Å². The van der Waals surface area contributed by atoms with E-state index in [2.05, 4.69) is 5.32 Å². The predicted octanol–water partition coefficient (Wildman–Crippen LogP) is 2.75. The van der Waals surface area contributed by atoms with Gasteiger partial charge in [-0.05, 0) is 57.8 Å². The normalized spacial score (nSPS) is 18.7. The first kappa shape index (κ1) is 20.2. The average molecular weight is 359 g/mol. The third kappa shape index (κ3) is 4.34. The molecule has 2 rings (SSSR count). The van der Waals surface area contributed by atoms with E-state index in [4.69, 9.17) is 9.31 Å². The highest BCUT2D eigenvalue weighted by molar-refractivity contribution is 6.56. The fourth-order valence-electron chi connectivity index (χ4n) is 2.57. The number of phenols is 1. The van der Waals surface area contributed by atoms with Gasteiger partial charge < -0.3 is 19.7 Å². The maximum Gasteiger partial charge on any atom is 0.492 e. The van der Waals surface area contributed by atoms with Crippen molar-refractivity contribution in [3.63, 3.8) is 0 Å². The summed E-state index contributed by atoms with van der Waals surface area (Å²) in [5.74, 6) is -0.455. The van der Waals surface area contributed by atoms with Gasteiger partial charge in [0.1, 0.15) is 5.75 Å². The van der Waals surface area contributed by atoms with Gasteiger partial charge >= 0.3 is 7.12 Å². The van der Waals surface area contributed by atoms with Crippen LogP contribution in [0.2, 0.25) is 0 Å². The first-order valence-corrected chi connectivity index (χ1v) is 8.57. The molecule has 0 atom stereocenters. The van der Waals surface area contributed by atoms with Gasteiger partial charge in [0.15, 0.2) is 5.78 Å². The number of hydrogen-bond donors (Lipinski definition) is 2. The van der Waals surface area contributed by atoms with Gasteiger partial charge in [-0.15, -0.1) is 0 Å². The molecule has 1 saturated heterocycles. The van der Waals surface area contributed by atoms with E-state index in [1.54, 1.807) is 18.2 Å². The molecular formula is C19H26BNO5. The van der Waals surface area contributed by atoms with Crippen LogP contribution in [0.15, 0.2) is 23.7 Å². The van der Waals surface area contributed by atoms with Crippen molar-refractivity contribution in [3.05, 3.63) is 34.8 Å². The molecule has 1 aromatic rings. The molecule has 0 radical (unpaired) electrons. The lowest BCUT2D eigenvalue weighted by atomic mass is 9.77. The third-order valence-corrected chi connectivity index (χ3v) is 4.85. The van der Waals surface area contributed by atoms with Gasteiger partial charge in [-0.2, -0.15) is 0 Å². The maximum absolute atomic E-state index is 11.5. The Kier molecular flexibility index (Phi) is 5.63. The maximum atomic E-state index is 11.5. The second-order valence-corrected chi connectivity index (χ2v) is 7.55. The number of amides is 1. The summed E-state index contributed by atoms with van der Waals surface area (Å²) < 4.78 is 12.1. The van der Waals surface area contributed by atoms with Gasteiger partial charge in [-0.3, -0.25) is 9.59 Å². The van der Waals surface area contributed by atoms with Crippen molar-refractivity contribution in [2.24, 2.45) is 0 Å². The minimum Gasteiger partial charge on any atom is -0.507 e. The minimum atomic E-state index is -0.624. The zero-order chi connectivity index (χ0) is 19.7. The molecule has 0 aliphatic carbocycles. The van der Waals surface area contributed by atoms with Gasteiger partial charge in [0, 0.05) is 13.5 Å². The molecule has 140 valence electrons. The zero-order valence-corrected chi connectivity index (χ0v) is 16.2. The smallest absolute Gasteiger partial charge is 0.492 e. The van der Waals surface area contributed by atoms with Gasteiger partial charge in [0.05, 0.1) is 16.8 Å². The van der Waals surface area contributed by atoms with Crippen molar-refractivity contribution >= 4 is 24.9 Å². The van der Waals surface area contributed by atoms with Crippen LogP contribution in [-0.4, -0.2) is 41.7 Å². The molecular weight excluding hydrogens is 333 g/mol. The Morgan fingerprint density at radius 1 is 1.15 bits per heavy atom. The second kappa shape index (κ2) is 7.25. The molecule has 0 bridgehead atoms. The molecule has 0 spiro atoms.